The van der Waals surface area contributed by atoms with E-state index in [0.29, 0.717) is 44.0 Å². The summed E-state index contributed by atoms with van der Waals surface area (Å²) in [6.07, 6.45) is 1.52. The van der Waals surface area contributed by atoms with Crippen LogP contribution in [0.1, 0.15) is 28.6 Å². The van der Waals surface area contributed by atoms with Crippen LogP contribution in [0.15, 0.2) is 52.1 Å². The molecule has 0 spiro atoms. The van der Waals surface area contributed by atoms with Gasteiger partial charge in [0.15, 0.2) is 11.7 Å². The zero-order valence-corrected chi connectivity index (χ0v) is 18.1. The number of hydrogen-bond donors (Lipinski definition) is 1. The van der Waals surface area contributed by atoms with E-state index in [-0.39, 0.29) is 29.9 Å². The number of carbonyl (C=O) groups is 1. The summed E-state index contributed by atoms with van der Waals surface area (Å²) in [7, 11) is 0. The number of nitriles is 1. The molecule has 1 aromatic carbocycles. The van der Waals surface area contributed by atoms with Gasteiger partial charge in [-0.05, 0) is 36.8 Å². The number of rotatable bonds is 4. The highest BCUT2D eigenvalue weighted by molar-refractivity contribution is 14.0. The Morgan fingerprint density at radius 1 is 1.18 bits per heavy atom. The van der Waals surface area contributed by atoms with Crippen LogP contribution in [-0.4, -0.2) is 54.4 Å². The number of amides is 1. The number of nitrogens with zero attached hydrogens (tertiary/aromatic N) is 4. The Bertz CT molecular complexity index is 819. The van der Waals surface area contributed by atoms with Crippen LogP contribution in [0, 0.1) is 11.3 Å². The molecule has 8 heteroatoms. The zero-order chi connectivity index (χ0) is 19.1. The first-order valence-electron chi connectivity index (χ1n) is 9.06. The van der Waals surface area contributed by atoms with Gasteiger partial charge in [0, 0.05) is 32.7 Å². The standard InChI is InChI=1S/C20H23N5O2.HI/c1-2-22-20(23-15-17-7-5-16(14-21)6-8-17)25-11-9-24(10-12-25)19(26)18-4-3-13-27-18;/h3-8,13H,2,9-12,15H2,1H3,(H,22,23);1H. The lowest BCUT2D eigenvalue weighted by Crippen LogP contribution is -2.53. The van der Waals surface area contributed by atoms with Crippen molar-refractivity contribution in [1.29, 1.82) is 5.26 Å². The monoisotopic (exact) mass is 493 g/mol. The fourth-order valence-electron chi connectivity index (χ4n) is 2.95. The molecule has 148 valence electrons. The molecule has 2 heterocycles. The summed E-state index contributed by atoms with van der Waals surface area (Å²) in [4.78, 5) is 21.1. The number of aliphatic imine (C=N–C) groups is 1. The highest BCUT2D eigenvalue weighted by Crippen LogP contribution is 2.10. The summed E-state index contributed by atoms with van der Waals surface area (Å²) in [5.41, 5.74) is 1.70. The largest absolute Gasteiger partial charge is 0.459 e. The summed E-state index contributed by atoms with van der Waals surface area (Å²) in [6, 6.07) is 13.0. The molecular weight excluding hydrogens is 469 g/mol. The van der Waals surface area contributed by atoms with Gasteiger partial charge in [0.2, 0.25) is 0 Å². The Hall–Kier alpha value is -2.54. The van der Waals surface area contributed by atoms with E-state index in [1.165, 1.54) is 6.26 Å². The van der Waals surface area contributed by atoms with Crippen LogP contribution >= 0.6 is 24.0 Å². The van der Waals surface area contributed by atoms with Crippen LogP contribution in [0.2, 0.25) is 0 Å². The van der Waals surface area contributed by atoms with Crippen molar-refractivity contribution in [3.8, 4) is 6.07 Å². The molecule has 1 saturated heterocycles. The number of guanidine groups is 1. The molecule has 1 aromatic heterocycles. The number of halogens is 1. The van der Waals surface area contributed by atoms with Gasteiger partial charge in [0.1, 0.15) is 0 Å². The van der Waals surface area contributed by atoms with Crippen molar-refractivity contribution in [2.75, 3.05) is 32.7 Å². The van der Waals surface area contributed by atoms with Crippen LogP contribution in [0.5, 0.6) is 0 Å². The first-order valence-corrected chi connectivity index (χ1v) is 9.06. The minimum Gasteiger partial charge on any atom is -0.459 e. The van der Waals surface area contributed by atoms with E-state index in [9.17, 15) is 4.79 Å². The molecule has 0 saturated carbocycles. The van der Waals surface area contributed by atoms with Crippen molar-refractivity contribution in [2.45, 2.75) is 13.5 Å². The van der Waals surface area contributed by atoms with Crippen LogP contribution in [0.25, 0.3) is 0 Å². The van der Waals surface area contributed by atoms with Gasteiger partial charge in [-0.2, -0.15) is 5.26 Å². The maximum atomic E-state index is 12.4. The van der Waals surface area contributed by atoms with Crippen molar-refractivity contribution >= 4 is 35.8 Å². The number of benzene rings is 1. The fraction of sp³-hybridized carbons (Fsp3) is 0.350. The summed E-state index contributed by atoms with van der Waals surface area (Å²) >= 11 is 0. The second-order valence-electron chi connectivity index (χ2n) is 6.24. The van der Waals surface area contributed by atoms with Gasteiger partial charge in [0.25, 0.3) is 5.91 Å². The highest BCUT2D eigenvalue weighted by Gasteiger charge is 2.25. The van der Waals surface area contributed by atoms with E-state index in [2.05, 4.69) is 16.3 Å². The molecule has 0 aliphatic carbocycles. The third kappa shape index (κ3) is 5.48. The number of furan rings is 1. The Kier molecular flexibility index (Phi) is 8.32. The van der Waals surface area contributed by atoms with E-state index in [1.807, 2.05) is 19.1 Å². The predicted octanol–water partition coefficient (Wildman–Crippen LogP) is 2.69. The van der Waals surface area contributed by atoms with E-state index >= 15 is 0 Å². The van der Waals surface area contributed by atoms with Crippen molar-refractivity contribution in [1.82, 2.24) is 15.1 Å². The van der Waals surface area contributed by atoms with E-state index in [0.717, 1.165) is 18.1 Å². The lowest BCUT2D eigenvalue weighted by atomic mass is 10.1. The molecule has 1 N–H and O–H groups in total. The summed E-state index contributed by atoms with van der Waals surface area (Å²) in [5.74, 6) is 1.15. The van der Waals surface area contributed by atoms with Gasteiger partial charge in [-0.1, -0.05) is 12.1 Å². The highest BCUT2D eigenvalue weighted by atomic mass is 127. The average molecular weight is 493 g/mol. The van der Waals surface area contributed by atoms with Crippen molar-refractivity contribution in [3.05, 3.63) is 59.5 Å². The summed E-state index contributed by atoms with van der Waals surface area (Å²) in [5, 5.41) is 12.2. The molecule has 0 unspecified atom stereocenters. The molecule has 28 heavy (non-hydrogen) atoms. The van der Waals surface area contributed by atoms with Crippen molar-refractivity contribution in [2.24, 2.45) is 4.99 Å². The lowest BCUT2D eigenvalue weighted by Gasteiger charge is -2.36. The van der Waals surface area contributed by atoms with E-state index < -0.39 is 0 Å². The van der Waals surface area contributed by atoms with Crippen molar-refractivity contribution < 1.29 is 9.21 Å². The molecular formula is C20H24IN5O2. The third-order valence-electron chi connectivity index (χ3n) is 4.43. The molecule has 7 nitrogen and oxygen atoms in total. The van der Waals surface area contributed by atoms with Gasteiger partial charge in [-0.25, -0.2) is 4.99 Å². The number of piperazine rings is 1. The number of hydrogen-bond acceptors (Lipinski definition) is 4. The van der Waals surface area contributed by atoms with Gasteiger partial charge in [0.05, 0.1) is 24.4 Å². The van der Waals surface area contributed by atoms with Gasteiger partial charge in [-0.15, -0.1) is 24.0 Å². The van der Waals surface area contributed by atoms with E-state index in [4.69, 9.17) is 14.7 Å². The third-order valence-corrected chi connectivity index (χ3v) is 4.43. The maximum Gasteiger partial charge on any atom is 0.289 e. The normalized spacial score (nSPS) is 14.2. The Balaban J connectivity index is 0.00000280. The molecule has 3 rings (SSSR count). The van der Waals surface area contributed by atoms with Crippen LogP contribution in [0.3, 0.4) is 0 Å². The predicted molar refractivity (Wildman–Crippen MR) is 118 cm³/mol. The molecule has 0 atom stereocenters. The van der Waals surface area contributed by atoms with Gasteiger partial charge in [-0.3, -0.25) is 4.79 Å². The fourth-order valence-corrected chi connectivity index (χ4v) is 2.95. The number of nitrogens with one attached hydrogen (secondary N) is 1. The minimum atomic E-state index is -0.0702. The van der Waals surface area contributed by atoms with E-state index in [1.54, 1.807) is 29.2 Å². The average Bonchev–Trinajstić information content (AvgIpc) is 3.26. The summed E-state index contributed by atoms with van der Waals surface area (Å²) < 4.78 is 5.20. The quantitative estimate of drug-likeness (QED) is 0.402. The number of carbonyl (C=O) groups excluding carboxylic acids is 1. The SMILES string of the molecule is CCNC(=NCc1ccc(C#N)cc1)N1CCN(C(=O)c2ccco2)CC1.I. The molecule has 2 aromatic rings. The Labute approximate surface area is 182 Å². The first-order chi connectivity index (χ1) is 13.2. The maximum absolute atomic E-state index is 12.4. The first kappa shape index (κ1) is 21.8. The lowest BCUT2D eigenvalue weighted by molar-refractivity contribution is 0.0657. The minimum absolute atomic E-state index is 0. The Morgan fingerprint density at radius 3 is 2.43 bits per heavy atom. The topological polar surface area (TPSA) is 84.9 Å². The van der Waals surface area contributed by atoms with Crippen LogP contribution < -0.4 is 5.32 Å². The molecule has 1 aliphatic heterocycles. The van der Waals surface area contributed by atoms with Crippen LogP contribution in [0.4, 0.5) is 0 Å². The molecule has 0 radical (unpaired) electrons. The molecule has 1 aliphatic rings. The second kappa shape index (κ2) is 10.7. The Morgan fingerprint density at radius 2 is 1.86 bits per heavy atom. The van der Waals surface area contributed by atoms with Gasteiger partial charge >= 0.3 is 0 Å². The van der Waals surface area contributed by atoms with Gasteiger partial charge < -0.3 is 19.5 Å². The van der Waals surface area contributed by atoms with Crippen molar-refractivity contribution in [3.63, 3.8) is 0 Å². The zero-order valence-electron chi connectivity index (χ0n) is 15.8. The smallest absolute Gasteiger partial charge is 0.289 e. The molecule has 0 bridgehead atoms. The second-order valence-corrected chi connectivity index (χ2v) is 6.24. The summed E-state index contributed by atoms with van der Waals surface area (Å²) in [6.45, 7) is 6.03. The van der Waals surface area contributed by atoms with Crippen LogP contribution in [-0.2, 0) is 6.54 Å². The molecule has 1 fully saturated rings. The molecule has 1 amide bonds.